The number of ether oxygens (including phenoxy) is 2. The Kier molecular flexibility index (Phi) is 6.79. The number of halogens is 3. The molecule has 9 heteroatoms. The molecule has 0 bridgehead atoms. The van der Waals surface area contributed by atoms with Gasteiger partial charge in [-0.15, -0.1) is 0 Å². The molecule has 1 heterocycles. The second-order valence-electron chi connectivity index (χ2n) is 5.65. The third-order valence-corrected chi connectivity index (χ3v) is 5.75. The molecule has 146 valence electrons. The van der Waals surface area contributed by atoms with Crippen LogP contribution in [0.3, 0.4) is 0 Å². The van der Waals surface area contributed by atoms with Gasteiger partial charge in [0.15, 0.2) is 0 Å². The van der Waals surface area contributed by atoms with E-state index in [0.717, 1.165) is 25.6 Å². The van der Waals surface area contributed by atoms with Gasteiger partial charge in [-0.2, -0.15) is 0 Å². The third-order valence-electron chi connectivity index (χ3n) is 3.80. The van der Waals surface area contributed by atoms with Gasteiger partial charge in [0, 0.05) is 10.0 Å². The Labute approximate surface area is 182 Å². The lowest BCUT2D eigenvalue weighted by Gasteiger charge is -2.13. The van der Waals surface area contributed by atoms with Gasteiger partial charge in [0.25, 0.3) is 11.1 Å². The van der Waals surface area contributed by atoms with Gasteiger partial charge in [-0.25, -0.2) is 4.39 Å². The highest BCUT2D eigenvalue weighted by Crippen LogP contribution is 2.38. The van der Waals surface area contributed by atoms with Gasteiger partial charge in [0.2, 0.25) is 0 Å². The molecule has 3 rings (SSSR count). The van der Waals surface area contributed by atoms with Crippen molar-refractivity contribution in [1.82, 2.24) is 4.90 Å². The third kappa shape index (κ3) is 4.76. The topological polar surface area (TPSA) is 55.8 Å². The Hall–Kier alpha value is -1.84. The number of hydrogen-bond acceptors (Lipinski definition) is 5. The quantitative estimate of drug-likeness (QED) is 0.463. The van der Waals surface area contributed by atoms with Gasteiger partial charge < -0.3 is 9.47 Å². The molecule has 0 N–H and O–H groups in total. The fourth-order valence-electron chi connectivity index (χ4n) is 2.52. The molecule has 28 heavy (non-hydrogen) atoms. The number of amides is 2. The van der Waals surface area contributed by atoms with E-state index in [9.17, 15) is 14.0 Å². The molecule has 1 saturated heterocycles. The summed E-state index contributed by atoms with van der Waals surface area (Å²) in [6, 6.07) is 9.16. The maximum absolute atomic E-state index is 12.9. The summed E-state index contributed by atoms with van der Waals surface area (Å²) < 4.78 is 25.3. The minimum Gasteiger partial charge on any atom is -0.495 e. The summed E-state index contributed by atoms with van der Waals surface area (Å²) in [7, 11) is 1.53. The van der Waals surface area contributed by atoms with Crippen LogP contribution in [0.2, 0.25) is 0 Å². The van der Waals surface area contributed by atoms with Gasteiger partial charge >= 0.3 is 0 Å². The summed E-state index contributed by atoms with van der Waals surface area (Å²) >= 11 is 7.68. The number of thioether (sulfide) groups is 1. The van der Waals surface area contributed by atoms with E-state index in [1.165, 1.54) is 31.4 Å². The first-order valence-corrected chi connectivity index (χ1v) is 10.5. The van der Waals surface area contributed by atoms with Gasteiger partial charge in [-0.05, 0) is 70.2 Å². The summed E-state index contributed by atoms with van der Waals surface area (Å²) in [6.07, 6.45) is 1.63. The average molecular weight is 531 g/mol. The molecule has 5 nitrogen and oxygen atoms in total. The van der Waals surface area contributed by atoms with Crippen molar-refractivity contribution >= 4 is 60.8 Å². The maximum Gasteiger partial charge on any atom is 0.293 e. The summed E-state index contributed by atoms with van der Waals surface area (Å²) in [5, 5.41) is -0.369. The van der Waals surface area contributed by atoms with Gasteiger partial charge in [0.1, 0.15) is 23.9 Å². The largest absolute Gasteiger partial charge is 0.495 e. The summed E-state index contributed by atoms with van der Waals surface area (Å²) in [6.45, 7) is 0.210. The molecule has 2 aromatic carbocycles. The van der Waals surface area contributed by atoms with Crippen molar-refractivity contribution in [3.8, 4) is 11.5 Å². The number of hydrogen-bond donors (Lipinski definition) is 0. The lowest BCUT2D eigenvalue weighted by Crippen LogP contribution is -2.32. The summed E-state index contributed by atoms with van der Waals surface area (Å²) in [4.78, 5) is 26.3. The highest BCUT2D eigenvalue weighted by atomic mass is 79.9. The maximum atomic E-state index is 12.9. The zero-order chi connectivity index (χ0) is 20.3. The minimum atomic E-state index is -0.393. The molecule has 1 fully saturated rings. The van der Waals surface area contributed by atoms with Gasteiger partial charge in [-0.1, -0.05) is 15.9 Å². The minimum absolute atomic E-state index is 0.0959. The number of imide groups is 1. The van der Waals surface area contributed by atoms with Crippen LogP contribution in [0.25, 0.3) is 6.08 Å². The second kappa shape index (κ2) is 9.11. The van der Waals surface area contributed by atoms with Crippen LogP contribution in [0, 0.1) is 5.82 Å². The molecule has 0 unspecified atom stereocenters. The standard InChI is InChI=1S/C19H14Br2FNO4S/c1-26-17-11(8-12(20)10-15(17)21)9-16-18(24)23(19(25)28-16)6-7-27-14-4-2-13(22)3-5-14/h2-5,8-10H,6-7H2,1H3/b16-9-. The van der Waals surface area contributed by atoms with Crippen LogP contribution >= 0.6 is 43.6 Å². The monoisotopic (exact) mass is 529 g/mol. The molecular formula is C19H14Br2FNO4S. The van der Waals surface area contributed by atoms with E-state index in [1.54, 1.807) is 12.1 Å². The first-order valence-electron chi connectivity index (χ1n) is 8.06. The zero-order valence-electron chi connectivity index (χ0n) is 14.6. The van der Waals surface area contributed by atoms with Crippen LogP contribution in [0.4, 0.5) is 9.18 Å². The molecule has 2 amide bonds. The zero-order valence-corrected chi connectivity index (χ0v) is 18.6. The predicted molar refractivity (Wildman–Crippen MR) is 113 cm³/mol. The van der Waals surface area contributed by atoms with Crippen molar-refractivity contribution < 1.29 is 23.5 Å². The first kappa shape index (κ1) is 20.9. The van der Waals surface area contributed by atoms with Gasteiger partial charge in [-0.3, -0.25) is 14.5 Å². The summed E-state index contributed by atoms with van der Waals surface area (Å²) in [5.74, 6) is 0.274. The van der Waals surface area contributed by atoms with Crippen molar-refractivity contribution in [3.63, 3.8) is 0 Å². The molecule has 0 atom stereocenters. The van der Waals surface area contributed by atoms with Crippen molar-refractivity contribution in [3.05, 3.63) is 61.6 Å². The Morgan fingerprint density at radius 1 is 1.18 bits per heavy atom. The smallest absolute Gasteiger partial charge is 0.293 e. The second-order valence-corrected chi connectivity index (χ2v) is 8.41. The van der Waals surface area contributed by atoms with E-state index in [0.29, 0.717) is 22.0 Å². The number of rotatable bonds is 6. The van der Waals surface area contributed by atoms with Crippen LogP contribution in [-0.4, -0.2) is 36.3 Å². The molecule has 1 aliphatic rings. The van der Waals surface area contributed by atoms with Crippen LogP contribution in [0.1, 0.15) is 5.56 Å². The van der Waals surface area contributed by atoms with E-state index >= 15 is 0 Å². The van der Waals surface area contributed by atoms with Gasteiger partial charge in [0.05, 0.1) is 23.0 Å². The Balaban J connectivity index is 1.71. The number of methoxy groups -OCH3 is 1. The fourth-order valence-corrected chi connectivity index (χ4v) is 4.80. The molecule has 2 aromatic rings. The Morgan fingerprint density at radius 2 is 1.89 bits per heavy atom. The van der Waals surface area contributed by atoms with E-state index in [1.807, 2.05) is 6.07 Å². The number of carbonyl (C=O) groups is 2. The Morgan fingerprint density at radius 3 is 2.57 bits per heavy atom. The highest BCUT2D eigenvalue weighted by molar-refractivity contribution is 9.11. The summed E-state index contributed by atoms with van der Waals surface area (Å²) in [5.41, 5.74) is 0.664. The lowest BCUT2D eigenvalue weighted by molar-refractivity contribution is -0.123. The van der Waals surface area contributed by atoms with Crippen molar-refractivity contribution in [2.75, 3.05) is 20.3 Å². The SMILES string of the molecule is COc1c(Br)cc(Br)cc1/C=C1\SC(=O)N(CCOc2ccc(F)cc2)C1=O. The van der Waals surface area contributed by atoms with E-state index in [4.69, 9.17) is 9.47 Å². The van der Waals surface area contributed by atoms with E-state index in [-0.39, 0.29) is 24.2 Å². The number of benzene rings is 2. The van der Waals surface area contributed by atoms with Crippen LogP contribution < -0.4 is 9.47 Å². The van der Waals surface area contributed by atoms with E-state index in [2.05, 4.69) is 31.9 Å². The van der Waals surface area contributed by atoms with Crippen LogP contribution in [0.5, 0.6) is 11.5 Å². The molecule has 0 aromatic heterocycles. The molecule has 1 aliphatic heterocycles. The highest BCUT2D eigenvalue weighted by Gasteiger charge is 2.35. The van der Waals surface area contributed by atoms with Crippen molar-refractivity contribution in [2.45, 2.75) is 0 Å². The lowest BCUT2D eigenvalue weighted by atomic mass is 10.2. The van der Waals surface area contributed by atoms with Crippen molar-refractivity contribution in [1.29, 1.82) is 0 Å². The fraction of sp³-hybridized carbons (Fsp3) is 0.158. The normalized spacial score (nSPS) is 15.4. The molecule has 0 spiro atoms. The molecular weight excluding hydrogens is 517 g/mol. The average Bonchev–Trinajstić information content (AvgIpc) is 2.90. The predicted octanol–water partition coefficient (Wildman–Crippen LogP) is 5.47. The Bertz CT molecular complexity index is 950. The number of carbonyl (C=O) groups excluding carboxylic acids is 2. The van der Waals surface area contributed by atoms with E-state index < -0.39 is 5.91 Å². The van der Waals surface area contributed by atoms with Crippen LogP contribution in [-0.2, 0) is 4.79 Å². The molecule has 0 saturated carbocycles. The molecule has 0 radical (unpaired) electrons. The van der Waals surface area contributed by atoms with Crippen LogP contribution in [0.15, 0.2) is 50.2 Å². The molecule has 0 aliphatic carbocycles. The first-order chi connectivity index (χ1) is 13.4. The number of nitrogens with zero attached hydrogens (tertiary/aromatic N) is 1. The van der Waals surface area contributed by atoms with Crippen molar-refractivity contribution in [2.24, 2.45) is 0 Å².